The van der Waals surface area contributed by atoms with E-state index in [0.29, 0.717) is 0 Å². The molecule has 0 unspecified atom stereocenters. The molecule has 0 atom stereocenters. The molecule has 0 N–H and O–H groups in total. The first kappa shape index (κ1) is 13.6. The minimum absolute atomic E-state index is 0.749. The first-order valence-electron chi connectivity index (χ1n) is 7.36. The Morgan fingerprint density at radius 3 is 2.64 bits per heavy atom. The third-order valence-electron chi connectivity index (χ3n) is 4.04. The summed E-state index contributed by atoms with van der Waals surface area (Å²) in [5.41, 5.74) is 3.42. The molecule has 5 heteroatoms. The molecular formula is C17H16ClN3O. The second kappa shape index (κ2) is 5.63. The third kappa shape index (κ3) is 2.34. The highest BCUT2D eigenvalue weighted by Gasteiger charge is 2.18. The Labute approximate surface area is 133 Å². The Morgan fingerprint density at radius 2 is 1.86 bits per heavy atom. The first-order chi connectivity index (χ1) is 10.8. The minimum atomic E-state index is 0.749. The van der Waals surface area contributed by atoms with Gasteiger partial charge in [0.2, 0.25) is 0 Å². The fourth-order valence-corrected chi connectivity index (χ4v) is 3.06. The van der Waals surface area contributed by atoms with Crippen LogP contribution in [0.2, 0.25) is 5.02 Å². The smallest absolute Gasteiger partial charge is 0.114 e. The lowest BCUT2D eigenvalue weighted by atomic mass is 10.1. The summed E-state index contributed by atoms with van der Waals surface area (Å²) in [6.45, 7) is 3.37. The number of rotatable bonds is 2. The number of ether oxygens (including phenoxy) is 1. The van der Waals surface area contributed by atoms with Gasteiger partial charge in [-0.3, -0.25) is 9.38 Å². The molecule has 0 saturated carbocycles. The summed E-state index contributed by atoms with van der Waals surface area (Å²) in [5, 5.41) is 0.749. The van der Waals surface area contributed by atoms with Gasteiger partial charge in [0.25, 0.3) is 0 Å². The molecule has 1 saturated heterocycles. The molecule has 1 aromatic carbocycles. The molecule has 22 heavy (non-hydrogen) atoms. The van der Waals surface area contributed by atoms with E-state index in [0.717, 1.165) is 42.4 Å². The lowest BCUT2D eigenvalue weighted by Crippen LogP contribution is -2.36. The fourth-order valence-electron chi connectivity index (χ4n) is 2.93. The van der Waals surface area contributed by atoms with Gasteiger partial charge in [-0.15, -0.1) is 0 Å². The largest absolute Gasteiger partial charge is 0.378 e. The lowest BCUT2D eigenvalue weighted by Gasteiger charge is -2.28. The van der Waals surface area contributed by atoms with Gasteiger partial charge in [-0.25, -0.2) is 0 Å². The van der Waals surface area contributed by atoms with Crippen LogP contribution in [0.5, 0.6) is 0 Å². The molecule has 1 aliphatic rings. The second-order valence-electron chi connectivity index (χ2n) is 5.35. The highest BCUT2D eigenvalue weighted by atomic mass is 35.5. The Hall–Kier alpha value is -2.04. The van der Waals surface area contributed by atoms with E-state index in [4.69, 9.17) is 16.3 Å². The topological polar surface area (TPSA) is 29.8 Å². The molecule has 112 valence electrons. The zero-order valence-corrected chi connectivity index (χ0v) is 12.8. The molecule has 3 aromatic rings. The van der Waals surface area contributed by atoms with Crippen molar-refractivity contribution in [2.45, 2.75) is 0 Å². The Kier molecular flexibility index (Phi) is 3.48. The minimum Gasteiger partial charge on any atom is -0.378 e. The zero-order valence-electron chi connectivity index (χ0n) is 12.1. The van der Waals surface area contributed by atoms with Crippen LogP contribution in [0.15, 0.2) is 48.9 Å². The van der Waals surface area contributed by atoms with Crippen molar-refractivity contribution in [1.82, 2.24) is 9.38 Å². The molecule has 2 aromatic heterocycles. The van der Waals surface area contributed by atoms with Crippen molar-refractivity contribution in [2.24, 2.45) is 0 Å². The van der Waals surface area contributed by atoms with Crippen molar-refractivity contribution in [1.29, 1.82) is 0 Å². The Balaban J connectivity index is 1.86. The van der Waals surface area contributed by atoms with E-state index in [1.807, 2.05) is 42.9 Å². The summed E-state index contributed by atoms with van der Waals surface area (Å²) in [4.78, 5) is 6.64. The van der Waals surface area contributed by atoms with Crippen molar-refractivity contribution in [2.75, 3.05) is 31.2 Å². The number of benzene rings is 1. The molecule has 1 fully saturated rings. The van der Waals surface area contributed by atoms with Crippen LogP contribution in [0.1, 0.15) is 0 Å². The maximum atomic E-state index is 6.00. The van der Waals surface area contributed by atoms with Crippen molar-refractivity contribution in [3.8, 4) is 11.1 Å². The molecule has 4 nitrogen and oxygen atoms in total. The number of halogens is 1. The van der Waals surface area contributed by atoms with Gasteiger partial charge in [0.1, 0.15) is 5.82 Å². The van der Waals surface area contributed by atoms with Crippen LogP contribution in [0, 0.1) is 0 Å². The third-order valence-corrected chi connectivity index (χ3v) is 4.30. The van der Waals surface area contributed by atoms with Gasteiger partial charge in [-0.2, -0.15) is 0 Å². The van der Waals surface area contributed by atoms with E-state index >= 15 is 0 Å². The van der Waals surface area contributed by atoms with Crippen molar-refractivity contribution < 1.29 is 4.74 Å². The maximum Gasteiger partial charge on any atom is 0.114 e. The first-order valence-corrected chi connectivity index (χ1v) is 7.74. The predicted molar refractivity (Wildman–Crippen MR) is 88.7 cm³/mol. The predicted octanol–water partition coefficient (Wildman–Crippen LogP) is 3.49. The van der Waals surface area contributed by atoms with Gasteiger partial charge in [0, 0.05) is 36.1 Å². The average Bonchev–Trinajstić information content (AvgIpc) is 2.96. The summed E-state index contributed by atoms with van der Waals surface area (Å²) in [7, 11) is 0. The van der Waals surface area contributed by atoms with Crippen LogP contribution in [-0.2, 0) is 4.74 Å². The average molecular weight is 314 g/mol. The van der Waals surface area contributed by atoms with Crippen LogP contribution < -0.4 is 4.90 Å². The maximum absolute atomic E-state index is 6.00. The van der Waals surface area contributed by atoms with Gasteiger partial charge in [-0.05, 0) is 23.8 Å². The van der Waals surface area contributed by atoms with Crippen molar-refractivity contribution >= 4 is 22.9 Å². The van der Waals surface area contributed by atoms with Gasteiger partial charge in [0.15, 0.2) is 0 Å². The summed E-state index contributed by atoms with van der Waals surface area (Å²) in [6.07, 6.45) is 5.75. The number of fused-ring (bicyclic) bond motifs is 1. The SMILES string of the molecule is Clc1ccc(-c2cc(N3CCOCC3)n3ccncc23)cc1. The van der Waals surface area contributed by atoms with Crippen LogP contribution in [-0.4, -0.2) is 35.7 Å². The molecular weight excluding hydrogens is 298 g/mol. The summed E-state index contributed by atoms with van der Waals surface area (Å²) in [5.74, 6) is 1.19. The van der Waals surface area contributed by atoms with E-state index < -0.39 is 0 Å². The molecule has 0 radical (unpaired) electrons. The van der Waals surface area contributed by atoms with Crippen molar-refractivity contribution in [3.63, 3.8) is 0 Å². The highest BCUT2D eigenvalue weighted by molar-refractivity contribution is 6.30. The van der Waals surface area contributed by atoms with Gasteiger partial charge in [0.05, 0.1) is 24.9 Å². The lowest BCUT2D eigenvalue weighted by molar-refractivity contribution is 0.122. The zero-order chi connectivity index (χ0) is 14.9. The van der Waals surface area contributed by atoms with Crippen LogP contribution >= 0.6 is 11.6 Å². The van der Waals surface area contributed by atoms with Crippen LogP contribution in [0.4, 0.5) is 5.82 Å². The summed E-state index contributed by atoms with van der Waals surface area (Å²) in [6, 6.07) is 10.2. The van der Waals surface area contributed by atoms with E-state index in [2.05, 4.69) is 20.4 Å². The van der Waals surface area contributed by atoms with Gasteiger partial charge < -0.3 is 9.64 Å². The fraction of sp³-hybridized carbons (Fsp3) is 0.235. The number of morpholine rings is 1. The van der Waals surface area contributed by atoms with E-state index in [1.165, 1.54) is 11.4 Å². The van der Waals surface area contributed by atoms with Gasteiger partial charge >= 0.3 is 0 Å². The highest BCUT2D eigenvalue weighted by Crippen LogP contribution is 2.32. The summed E-state index contributed by atoms with van der Waals surface area (Å²) >= 11 is 6.00. The Bertz CT molecular complexity index is 791. The second-order valence-corrected chi connectivity index (χ2v) is 5.79. The summed E-state index contributed by atoms with van der Waals surface area (Å²) < 4.78 is 7.66. The van der Waals surface area contributed by atoms with E-state index in [9.17, 15) is 0 Å². The molecule has 4 rings (SSSR count). The number of anilines is 1. The van der Waals surface area contributed by atoms with Crippen LogP contribution in [0.3, 0.4) is 0 Å². The molecule has 0 bridgehead atoms. The molecule has 3 heterocycles. The normalized spacial score (nSPS) is 15.4. The Morgan fingerprint density at radius 1 is 1.09 bits per heavy atom. The van der Waals surface area contributed by atoms with E-state index in [-0.39, 0.29) is 0 Å². The molecule has 1 aliphatic heterocycles. The number of hydrogen-bond donors (Lipinski definition) is 0. The van der Waals surface area contributed by atoms with Gasteiger partial charge in [-0.1, -0.05) is 23.7 Å². The molecule has 0 amide bonds. The number of hydrogen-bond acceptors (Lipinski definition) is 3. The monoisotopic (exact) mass is 313 g/mol. The number of aromatic nitrogens is 2. The van der Waals surface area contributed by atoms with Crippen LogP contribution in [0.25, 0.3) is 16.6 Å². The standard InChI is InChI=1S/C17H16ClN3O/c18-14-3-1-13(2-4-14)15-11-17(20-7-9-22-10-8-20)21-6-5-19-12-16(15)21/h1-6,11-12H,7-10H2. The van der Waals surface area contributed by atoms with E-state index in [1.54, 1.807) is 0 Å². The van der Waals surface area contributed by atoms with Crippen molar-refractivity contribution in [3.05, 3.63) is 53.9 Å². The molecule has 0 aliphatic carbocycles. The number of nitrogens with zero attached hydrogens (tertiary/aromatic N) is 3. The quantitative estimate of drug-likeness (QED) is 0.725. The molecule has 0 spiro atoms.